The van der Waals surface area contributed by atoms with Gasteiger partial charge in [-0.2, -0.15) is 25.4 Å². The van der Waals surface area contributed by atoms with E-state index in [0.717, 1.165) is 32.1 Å². The molecule has 3 amide bonds. The second-order valence-electron chi connectivity index (χ2n) is 12.3. The van der Waals surface area contributed by atoms with Gasteiger partial charge in [0.25, 0.3) is 11.8 Å². The lowest BCUT2D eigenvalue weighted by atomic mass is 10.1. The number of carbonyl (C=O) groups excluding carboxylic acids is 3. The molecule has 14 nitrogen and oxygen atoms in total. The van der Waals surface area contributed by atoms with Gasteiger partial charge in [-0.05, 0) is 71.1 Å². The highest BCUT2D eigenvalue weighted by molar-refractivity contribution is 7.88. The molecule has 2 heterocycles. The third-order valence-corrected chi connectivity index (χ3v) is 11.0. The van der Waals surface area contributed by atoms with E-state index in [1.807, 2.05) is 13.8 Å². The summed E-state index contributed by atoms with van der Waals surface area (Å²) in [5.41, 5.74) is 2.99. The minimum atomic E-state index is -3.86. The molecule has 2 saturated heterocycles. The van der Waals surface area contributed by atoms with E-state index in [9.17, 15) is 31.2 Å². The molecule has 4 fully saturated rings. The lowest BCUT2D eigenvalue weighted by Crippen LogP contribution is -2.55. The van der Waals surface area contributed by atoms with Crippen LogP contribution in [0.2, 0.25) is 0 Å². The average molecular weight is 623 g/mol. The van der Waals surface area contributed by atoms with E-state index in [2.05, 4.69) is 14.8 Å². The summed E-state index contributed by atoms with van der Waals surface area (Å²) in [5, 5.41) is 2.58. The van der Waals surface area contributed by atoms with Crippen molar-refractivity contribution in [3.8, 4) is 0 Å². The van der Waals surface area contributed by atoms with Crippen LogP contribution in [0.1, 0.15) is 86.0 Å². The maximum atomic E-state index is 12.6. The van der Waals surface area contributed by atoms with E-state index < -0.39 is 55.0 Å². The largest absolute Gasteiger partial charge is 0.444 e. The molecule has 4 aliphatic rings. The van der Waals surface area contributed by atoms with Crippen LogP contribution in [-0.4, -0.2) is 86.2 Å². The van der Waals surface area contributed by atoms with Gasteiger partial charge >= 0.3 is 26.5 Å². The van der Waals surface area contributed by atoms with Crippen LogP contribution in [0.4, 0.5) is 4.79 Å². The van der Waals surface area contributed by atoms with Crippen molar-refractivity contribution in [2.75, 3.05) is 26.2 Å². The molecule has 0 unspecified atom stereocenters. The summed E-state index contributed by atoms with van der Waals surface area (Å²) in [6, 6.07) is 0. The smallest absolute Gasteiger partial charge is 0.408 e. The van der Waals surface area contributed by atoms with Crippen molar-refractivity contribution in [3.63, 3.8) is 0 Å². The van der Waals surface area contributed by atoms with Gasteiger partial charge in [0.1, 0.15) is 11.1 Å². The molecule has 2 aliphatic carbocycles. The molecule has 236 valence electrons. The summed E-state index contributed by atoms with van der Waals surface area (Å²) in [7, 11) is -7.54. The first-order valence-electron chi connectivity index (χ1n) is 14.3. The van der Waals surface area contributed by atoms with Crippen molar-refractivity contribution >= 4 is 38.3 Å². The van der Waals surface area contributed by atoms with E-state index in [4.69, 9.17) is 10.5 Å². The molecule has 4 rings (SSSR count). The second-order valence-corrected chi connectivity index (χ2v) is 15.7. The predicted molar refractivity (Wildman–Crippen MR) is 152 cm³/mol. The quantitative estimate of drug-likeness (QED) is 0.286. The van der Waals surface area contributed by atoms with Crippen molar-refractivity contribution in [1.29, 1.82) is 0 Å². The Labute approximate surface area is 243 Å². The number of amides is 3. The van der Waals surface area contributed by atoms with Gasteiger partial charge in [-0.25, -0.2) is 14.2 Å². The number of hydrogen-bond donors (Lipinski definition) is 4. The molecular formula is C25H46N6O8S2. The Kier molecular flexibility index (Phi) is 10.1. The van der Waals surface area contributed by atoms with Crippen LogP contribution >= 0.6 is 0 Å². The number of nitrogens with two attached hydrogens (primary N) is 1. The van der Waals surface area contributed by atoms with Gasteiger partial charge in [-0.3, -0.25) is 9.59 Å². The Morgan fingerprint density at radius 1 is 0.805 bits per heavy atom. The van der Waals surface area contributed by atoms with Crippen LogP contribution in [-0.2, 0) is 34.7 Å². The van der Waals surface area contributed by atoms with Crippen LogP contribution in [0.15, 0.2) is 0 Å². The Morgan fingerprint density at radius 3 is 1.61 bits per heavy atom. The van der Waals surface area contributed by atoms with Gasteiger partial charge in [-0.15, -0.1) is 0 Å². The Bertz CT molecular complexity index is 1210. The molecule has 0 bridgehead atoms. The van der Waals surface area contributed by atoms with Crippen molar-refractivity contribution in [3.05, 3.63) is 0 Å². The fourth-order valence-electron chi connectivity index (χ4n) is 5.34. The molecule has 4 atom stereocenters. The maximum absolute atomic E-state index is 12.6. The Morgan fingerprint density at radius 2 is 1.24 bits per heavy atom. The summed E-state index contributed by atoms with van der Waals surface area (Å²) in [6.45, 7) is 10.8. The first-order valence-corrected chi connectivity index (χ1v) is 17.2. The van der Waals surface area contributed by atoms with Gasteiger partial charge in [-0.1, -0.05) is 26.7 Å². The summed E-state index contributed by atoms with van der Waals surface area (Å²) in [6.07, 6.45) is 4.99. The molecule has 41 heavy (non-hydrogen) atoms. The second kappa shape index (κ2) is 12.3. The molecule has 0 aromatic rings. The minimum Gasteiger partial charge on any atom is -0.444 e. The van der Waals surface area contributed by atoms with Crippen LogP contribution < -0.4 is 20.5 Å². The van der Waals surface area contributed by atoms with E-state index in [-0.39, 0.29) is 11.8 Å². The third kappa shape index (κ3) is 8.09. The van der Waals surface area contributed by atoms with Crippen molar-refractivity contribution in [2.24, 2.45) is 17.6 Å². The van der Waals surface area contributed by atoms with Crippen LogP contribution in [0.3, 0.4) is 0 Å². The first-order chi connectivity index (χ1) is 18.9. The molecule has 5 N–H and O–H groups in total. The molecule has 0 aromatic carbocycles. The number of carbonyl (C=O) groups is 3. The SMILES string of the molecule is CC[C@@H]1C[C@]1(N)C(=O)NS(=O)(=O)N1CCCC1.CC[C@@H]1C[C@]1(NC(=O)OC(C)(C)C)C(=O)NS(=O)(=O)N1CCCC1. The molecule has 0 aromatic heterocycles. The highest BCUT2D eigenvalue weighted by atomic mass is 32.2. The summed E-state index contributed by atoms with van der Waals surface area (Å²) >= 11 is 0. The van der Waals surface area contributed by atoms with Crippen molar-refractivity contribution < 1.29 is 36.0 Å². The van der Waals surface area contributed by atoms with Crippen LogP contribution in [0.25, 0.3) is 0 Å². The minimum absolute atomic E-state index is 0.0983. The molecular weight excluding hydrogens is 576 g/mol. The lowest BCUT2D eigenvalue weighted by Gasteiger charge is -2.24. The number of nitrogens with one attached hydrogen (secondary N) is 3. The maximum Gasteiger partial charge on any atom is 0.408 e. The number of ether oxygens (including phenoxy) is 1. The Balaban J connectivity index is 0.000000239. The summed E-state index contributed by atoms with van der Waals surface area (Å²) < 4.78 is 60.2. The number of alkyl carbamates (subject to hydrolysis) is 1. The standard InChI is InChI=1S/C15H27N3O5S.C10H19N3O3S/c1-5-11-10-15(11,16-13(20)23-14(2,3)4)12(19)17-24(21,22)18-8-6-7-9-18;1-2-8-7-10(8,11)9(14)12-17(15,16)13-5-3-4-6-13/h11H,5-10H2,1-4H3,(H,16,20)(H,17,19);8H,2-7,11H2,1H3,(H,12,14)/t11-,15-;8-,10-/m11/s1. The number of hydrogen-bond acceptors (Lipinski definition) is 9. The highest BCUT2D eigenvalue weighted by Crippen LogP contribution is 2.46. The van der Waals surface area contributed by atoms with Gasteiger partial charge in [0.2, 0.25) is 0 Å². The summed E-state index contributed by atoms with van der Waals surface area (Å²) in [5.74, 6) is -1.24. The fraction of sp³-hybridized carbons (Fsp3) is 0.880. The van der Waals surface area contributed by atoms with E-state index in [1.54, 1.807) is 20.8 Å². The van der Waals surface area contributed by atoms with Crippen molar-refractivity contribution in [2.45, 2.75) is 103 Å². The third-order valence-electron chi connectivity index (χ3n) is 8.05. The average Bonchev–Trinajstić information content (AvgIpc) is 3.46. The molecule has 16 heteroatoms. The predicted octanol–water partition coefficient (Wildman–Crippen LogP) is 0.707. The molecule has 0 spiro atoms. The van der Waals surface area contributed by atoms with E-state index >= 15 is 0 Å². The zero-order chi connectivity index (χ0) is 30.9. The normalized spacial score (nSPS) is 30.1. The zero-order valence-corrected chi connectivity index (χ0v) is 26.3. The molecule has 2 saturated carbocycles. The summed E-state index contributed by atoms with van der Waals surface area (Å²) in [4.78, 5) is 36.4. The Hall–Kier alpha value is -2.01. The highest BCUT2D eigenvalue weighted by Gasteiger charge is 2.61. The van der Waals surface area contributed by atoms with Gasteiger partial charge < -0.3 is 15.8 Å². The van der Waals surface area contributed by atoms with Crippen LogP contribution in [0, 0.1) is 11.8 Å². The van der Waals surface area contributed by atoms with E-state index in [0.29, 0.717) is 45.4 Å². The lowest BCUT2D eigenvalue weighted by molar-refractivity contribution is -0.123. The van der Waals surface area contributed by atoms with Gasteiger partial charge in [0.05, 0.1) is 5.54 Å². The monoisotopic (exact) mass is 622 g/mol. The van der Waals surface area contributed by atoms with Gasteiger partial charge in [0.15, 0.2) is 0 Å². The number of rotatable bonds is 9. The molecule has 2 aliphatic heterocycles. The zero-order valence-electron chi connectivity index (χ0n) is 24.7. The topological polar surface area (TPSA) is 197 Å². The first kappa shape index (κ1) is 33.5. The van der Waals surface area contributed by atoms with Gasteiger partial charge in [0, 0.05) is 26.2 Å². The number of nitrogens with zero attached hydrogens (tertiary/aromatic N) is 2. The fourth-order valence-corrected chi connectivity index (χ4v) is 7.91. The van der Waals surface area contributed by atoms with Crippen LogP contribution in [0.5, 0.6) is 0 Å². The van der Waals surface area contributed by atoms with E-state index in [1.165, 1.54) is 8.61 Å². The van der Waals surface area contributed by atoms with Crippen molar-refractivity contribution in [1.82, 2.24) is 23.4 Å². The molecule has 0 radical (unpaired) electrons.